The third-order valence-electron chi connectivity index (χ3n) is 4.35. The fourth-order valence-corrected chi connectivity index (χ4v) is 3.08. The normalized spacial score (nSPS) is 21.3. The molecule has 2 heterocycles. The van der Waals surface area contributed by atoms with Crippen LogP contribution >= 0.6 is 0 Å². The van der Waals surface area contributed by atoms with E-state index < -0.39 is 0 Å². The molecule has 0 amide bonds. The molecule has 106 valence electrons. The zero-order valence-electron chi connectivity index (χ0n) is 12.5. The maximum atomic E-state index is 5.80. The molecule has 0 aromatic carbocycles. The Hall–Kier alpha value is -1.09. The summed E-state index contributed by atoms with van der Waals surface area (Å²) in [5.74, 6) is 0.815. The van der Waals surface area contributed by atoms with Gasteiger partial charge in [0.05, 0.1) is 11.4 Å². The molecule has 1 unspecified atom stereocenters. The number of nitrogens with zero attached hydrogens (tertiary/aromatic N) is 2. The molecule has 19 heavy (non-hydrogen) atoms. The van der Waals surface area contributed by atoms with Crippen LogP contribution in [0.5, 0.6) is 0 Å². The van der Waals surface area contributed by atoms with Gasteiger partial charge in [-0.1, -0.05) is 20.8 Å². The summed E-state index contributed by atoms with van der Waals surface area (Å²) in [5, 5.41) is 0. The third-order valence-corrected chi connectivity index (χ3v) is 4.35. The van der Waals surface area contributed by atoms with Crippen molar-refractivity contribution < 1.29 is 0 Å². The Morgan fingerprint density at radius 3 is 2.79 bits per heavy atom. The van der Waals surface area contributed by atoms with E-state index in [4.69, 9.17) is 5.73 Å². The minimum Gasteiger partial charge on any atom is -0.370 e. The van der Waals surface area contributed by atoms with Crippen molar-refractivity contribution >= 4 is 5.69 Å². The maximum absolute atomic E-state index is 5.80. The van der Waals surface area contributed by atoms with E-state index >= 15 is 0 Å². The quantitative estimate of drug-likeness (QED) is 0.889. The van der Waals surface area contributed by atoms with E-state index in [9.17, 15) is 0 Å². The molecule has 0 saturated carbocycles. The van der Waals surface area contributed by atoms with E-state index in [-0.39, 0.29) is 0 Å². The van der Waals surface area contributed by atoms with Crippen LogP contribution in [0.15, 0.2) is 18.3 Å². The van der Waals surface area contributed by atoms with E-state index in [0.29, 0.717) is 12.0 Å². The number of aromatic nitrogens is 1. The molecule has 0 bridgehead atoms. The summed E-state index contributed by atoms with van der Waals surface area (Å²) in [5.41, 5.74) is 8.48. The monoisotopic (exact) mass is 261 g/mol. The van der Waals surface area contributed by atoms with E-state index in [1.807, 2.05) is 12.3 Å². The lowest BCUT2D eigenvalue weighted by molar-refractivity contribution is 0.220. The van der Waals surface area contributed by atoms with Gasteiger partial charge in [-0.15, -0.1) is 0 Å². The van der Waals surface area contributed by atoms with Crippen molar-refractivity contribution in [3.8, 4) is 0 Å². The van der Waals surface area contributed by atoms with Gasteiger partial charge in [-0.05, 0) is 42.7 Å². The summed E-state index contributed by atoms with van der Waals surface area (Å²) >= 11 is 0. The standard InChI is InChI=1S/C16H27N3/c1-16(2,3)13-6-5-10-19(11-8-13)15-7-4-9-18-14(15)12-17/h4,7,9,13H,5-6,8,10-12,17H2,1-3H3. The molecule has 1 saturated heterocycles. The van der Waals surface area contributed by atoms with Gasteiger partial charge < -0.3 is 10.6 Å². The molecule has 1 aliphatic heterocycles. The van der Waals surface area contributed by atoms with Gasteiger partial charge in [0.15, 0.2) is 0 Å². The Balaban J connectivity index is 2.11. The van der Waals surface area contributed by atoms with Crippen molar-refractivity contribution in [3.05, 3.63) is 24.0 Å². The Kier molecular flexibility index (Phi) is 4.46. The van der Waals surface area contributed by atoms with Crippen LogP contribution in [0.3, 0.4) is 0 Å². The van der Waals surface area contributed by atoms with Gasteiger partial charge in [-0.2, -0.15) is 0 Å². The third kappa shape index (κ3) is 3.47. The lowest BCUT2D eigenvalue weighted by atomic mass is 9.77. The number of rotatable bonds is 2. The Bertz CT molecular complexity index is 409. The van der Waals surface area contributed by atoms with Crippen molar-refractivity contribution in [2.75, 3.05) is 18.0 Å². The first-order valence-corrected chi connectivity index (χ1v) is 7.41. The summed E-state index contributed by atoms with van der Waals surface area (Å²) in [4.78, 5) is 6.88. The summed E-state index contributed by atoms with van der Waals surface area (Å²) in [6.07, 6.45) is 5.70. The minimum atomic E-state index is 0.418. The second kappa shape index (κ2) is 5.91. The van der Waals surface area contributed by atoms with Gasteiger partial charge in [0.2, 0.25) is 0 Å². The Morgan fingerprint density at radius 2 is 2.11 bits per heavy atom. The largest absolute Gasteiger partial charge is 0.370 e. The van der Waals surface area contributed by atoms with E-state index in [2.05, 4.69) is 36.7 Å². The molecule has 2 N–H and O–H groups in total. The van der Waals surface area contributed by atoms with Gasteiger partial charge in [0.25, 0.3) is 0 Å². The highest BCUT2D eigenvalue weighted by Crippen LogP contribution is 2.35. The topological polar surface area (TPSA) is 42.2 Å². The van der Waals surface area contributed by atoms with Crippen molar-refractivity contribution in [2.45, 2.75) is 46.6 Å². The van der Waals surface area contributed by atoms with Crippen LogP contribution in [0.2, 0.25) is 0 Å². The lowest BCUT2D eigenvalue weighted by Gasteiger charge is -2.30. The summed E-state index contributed by atoms with van der Waals surface area (Å²) in [6, 6.07) is 4.17. The Labute approximate surface area is 117 Å². The van der Waals surface area contributed by atoms with E-state index in [1.54, 1.807) is 0 Å². The second-order valence-corrected chi connectivity index (χ2v) is 6.65. The van der Waals surface area contributed by atoms with E-state index in [1.165, 1.54) is 24.9 Å². The van der Waals surface area contributed by atoms with Crippen LogP contribution in [0, 0.1) is 11.3 Å². The molecule has 0 aliphatic carbocycles. The first-order chi connectivity index (χ1) is 9.02. The van der Waals surface area contributed by atoms with Crippen LogP contribution < -0.4 is 10.6 Å². The van der Waals surface area contributed by atoms with Gasteiger partial charge in [-0.3, -0.25) is 4.98 Å². The zero-order valence-corrected chi connectivity index (χ0v) is 12.5. The number of hydrogen-bond donors (Lipinski definition) is 1. The highest BCUT2D eigenvalue weighted by molar-refractivity contribution is 5.50. The minimum absolute atomic E-state index is 0.418. The van der Waals surface area contributed by atoms with Crippen molar-refractivity contribution in [1.29, 1.82) is 0 Å². The van der Waals surface area contributed by atoms with Gasteiger partial charge in [0.1, 0.15) is 0 Å². The molecule has 1 fully saturated rings. The number of hydrogen-bond acceptors (Lipinski definition) is 3. The molecule has 1 aliphatic rings. The summed E-state index contributed by atoms with van der Waals surface area (Å²) in [7, 11) is 0. The predicted octanol–water partition coefficient (Wildman–Crippen LogP) is 3.19. The highest BCUT2D eigenvalue weighted by atomic mass is 15.1. The molecule has 0 radical (unpaired) electrons. The molecular formula is C16H27N3. The van der Waals surface area contributed by atoms with E-state index in [0.717, 1.165) is 24.7 Å². The van der Waals surface area contributed by atoms with Crippen LogP contribution in [-0.2, 0) is 6.54 Å². The summed E-state index contributed by atoms with van der Waals surface area (Å²) < 4.78 is 0. The molecule has 3 heteroatoms. The van der Waals surface area contributed by atoms with Gasteiger partial charge in [-0.25, -0.2) is 0 Å². The van der Waals surface area contributed by atoms with Gasteiger partial charge >= 0.3 is 0 Å². The highest BCUT2D eigenvalue weighted by Gasteiger charge is 2.27. The van der Waals surface area contributed by atoms with Crippen molar-refractivity contribution in [1.82, 2.24) is 4.98 Å². The number of nitrogens with two attached hydrogens (primary N) is 1. The first-order valence-electron chi connectivity index (χ1n) is 7.41. The lowest BCUT2D eigenvalue weighted by Crippen LogP contribution is -2.27. The van der Waals surface area contributed by atoms with Crippen LogP contribution in [0.1, 0.15) is 45.7 Å². The fourth-order valence-electron chi connectivity index (χ4n) is 3.08. The maximum Gasteiger partial charge on any atom is 0.0772 e. The van der Waals surface area contributed by atoms with Crippen molar-refractivity contribution in [3.63, 3.8) is 0 Å². The SMILES string of the molecule is CC(C)(C)C1CCCN(c2cccnc2CN)CC1. The number of anilines is 1. The molecular weight excluding hydrogens is 234 g/mol. The van der Waals surface area contributed by atoms with Crippen LogP contribution in [0.25, 0.3) is 0 Å². The van der Waals surface area contributed by atoms with Crippen LogP contribution in [-0.4, -0.2) is 18.1 Å². The van der Waals surface area contributed by atoms with Crippen LogP contribution in [0.4, 0.5) is 5.69 Å². The second-order valence-electron chi connectivity index (χ2n) is 6.65. The number of pyridine rings is 1. The smallest absolute Gasteiger partial charge is 0.0772 e. The summed E-state index contributed by atoms with van der Waals surface area (Å²) in [6.45, 7) is 9.87. The predicted molar refractivity (Wildman–Crippen MR) is 81.1 cm³/mol. The average molecular weight is 261 g/mol. The molecule has 1 aromatic heterocycles. The molecule has 0 spiro atoms. The zero-order chi connectivity index (χ0) is 13.9. The Morgan fingerprint density at radius 1 is 1.32 bits per heavy atom. The molecule has 1 aromatic rings. The molecule has 1 atom stereocenters. The fraction of sp³-hybridized carbons (Fsp3) is 0.688. The molecule has 2 rings (SSSR count). The first kappa shape index (κ1) is 14.3. The van der Waals surface area contributed by atoms with Crippen molar-refractivity contribution in [2.24, 2.45) is 17.1 Å². The average Bonchev–Trinajstić information content (AvgIpc) is 2.64. The van der Waals surface area contributed by atoms with Gasteiger partial charge in [0, 0.05) is 25.8 Å². The molecule has 3 nitrogen and oxygen atoms in total.